The zero-order valence-electron chi connectivity index (χ0n) is 26.6. The number of hydrogen-bond donors (Lipinski definition) is 1. The number of phenols is 1. The van der Waals surface area contributed by atoms with Gasteiger partial charge in [-0.2, -0.15) is 18.2 Å². The quantitative estimate of drug-likeness (QED) is 0.0721. The summed E-state index contributed by atoms with van der Waals surface area (Å²) in [6, 6.07) is 5.19. The molecular weight excluding hydrogens is 871 g/mol. The first kappa shape index (κ1) is 38.3. The van der Waals surface area contributed by atoms with Gasteiger partial charge >= 0.3 is 6.18 Å². The van der Waals surface area contributed by atoms with Crippen LogP contribution in [0.25, 0.3) is 0 Å². The summed E-state index contributed by atoms with van der Waals surface area (Å²) in [4.78, 5) is 54.2. The lowest BCUT2D eigenvalue weighted by Crippen LogP contribution is -2.60. The first-order chi connectivity index (χ1) is 25.1. The first-order valence-corrected chi connectivity index (χ1v) is 17.3. The van der Waals surface area contributed by atoms with E-state index in [0.717, 1.165) is 19.2 Å². The Kier molecular flexibility index (Phi) is 8.87. The second-order valence-electron chi connectivity index (χ2n) is 12.9. The van der Waals surface area contributed by atoms with Crippen LogP contribution in [0.1, 0.15) is 30.0 Å². The molecule has 2 aliphatic carbocycles. The van der Waals surface area contributed by atoms with Gasteiger partial charge in [-0.25, -0.2) is 31.8 Å². The fourth-order valence-corrected chi connectivity index (χ4v) is 9.39. The van der Waals surface area contributed by atoms with Gasteiger partial charge in [0.1, 0.15) is 17.1 Å². The van der Waals surface area contributed by atoms with Crippen molar-refractivity contribution in [2.24, 2.45) is 17.8 Å². The number of carbonyl (C=O) groups excluding carboxylic acids is 4. The summed E-state index contributed by atoms with van der Waals surface area (Å²) < 4.78 is 114. The zero-order chi connectivity index (χ0) is 39.7. The number of benzene rings is 2. The normalized spacial score (nSPS) is 28.0. The van der Waals surface area contributed by atoms with E-state index in [1.165, 1.54) is 18.2 Å². The molecule has 54 heavy (non-hydrogen) atoms. The lowest BCUT2D eigenvalue weighted by molar-refractivity contribution is -0.141. The Morgan fingerprint density at radius 1 is 0.907 bits per heavy atom. The molecule has 1 N–H and O–H groups in total. The molecule has 0 radical (unpaired) electrons. The fourth-order valence-electron chi connectivity index (χ4n) is 7.86. The topological polar surface area (TPSA) is 111 Å². The van der Waals surface area contributed by atoms with Crippen LogP contribution in [0.3, 0.4) is 0 Å². The van der Waals surface area contributed by atoms with E-state index in [9.17, 15) is 50.6 Å². The maximum Gasteiger partial charge on any atom is 0.433 e. The van der Waals surface area contributed by atoms with Gasteiger partial charge in [-0.15, -0.1) is 23.2 Å². The molecule has 9 nitrogen and oxygen atoms in total. The number of fused-ring (bicyclic) bond motifs is 4. The summed E-state index contributed by atoms with van der Waals surface area (Å²) in [5.41, 5.74) is -3.58. The number of aromatic nitrogens is 1. The summed E-state index contributed by atoms with van der Waals surface area (Å²) >= 11 is 23.5. The minimum Gasteiger partial charge on any atom is -0.508 e. The number of phenolic OH excluding ortho intramolecular Hbond substituents is 1. The molecule has 284 valence electrons. The van der Waals surface area contributed by atoms with Crippen molar-refractivity contribution in [1.82, 2.24) is 9.99 Å². The number of alkyl halides is 5. The highest BCUT2D eigenvalue weighted by molar-refractivity contribution is 9.10. The maximum atomic E-state index is 15.2. The lowest BCUT2D eigenvalue weighted by atomic mass is 9.56. The minimum absolute atomic E-state index is 0.0252. The molecule has 3 fully saturated rings. The van der Waals surface area contributed by atoms with E-state index < -0.39 is 122 Å². The number of hydrogen-bond acceptors (Lipinski definition) is 7. The second-order valence-corrected chi connectivity index (χ2v) is 15.5. The molecule has 3 heterocycles. The Bertz CT molecular complexity index is 2250. The standard InChI is InChI=1S/C33H18BrCl3F8N4O5/c1-47(26-15(35)5-7-17(46-26)33(43,44)45)49-27(51)12-4-3-11-14(18(12)28(49)52)9-31(36)29(53)48(25-23(41)21(39)20(38)22(40)24(25)42)30(54)32(31,37)19(11)13-8-10(34)2-6-16(13)50/h2-3,5-8,12,14,18-19,50H,4,9H2,1H3/t12-,14+,18-,19+,31+,32-/m0/s1. The SMILES string of the molecule is CN(c1nc(C(F)(F)F)ccc1Cl)N1C(=O)[C@H]2[C@H](CC=C3[C@H]2C[C@@]2(Cl)C(=O)N(c4c(F)c(F)c(F)c(F)c4F)C(=O)[C@@]2(Cl)[C@H]3c2cc(Br)ccc2O)C1=O. The van der Waals surface area contributed by atoms with Crippen LogP contribution in [-0.4, -0.2) is 55.5 Å². The van der Waals surface area contributed by atoms with E-state index in [4.69, 9.17) is 34.8 Å². The van der Waals surface area contributed by atoms with Crippen molar-refractivity contribution in [2.75, 3.05) is 17.0 Å². The molecule has 2 aliphatic heterocycles. The smallest absolute Gasteiger partial charge is 0.433 e. The number of amides is 4. The largest absolute Gasteiger partial charge is 0.508 e. The average Bonchev–Trinajstić information content (AvgIpc) is 3.45. The average molecular weight is 889 g/mol. The van der Waals surface area contributed by atoms with Crippen molar-refractivity contribution in [3.8, 4) is 5.75 Å². The molecule has 2 saturated heterocycles. The number of allylic oxidation sites excluding steroid dienone is 2. The van der Waals surface area contributed by atoms with E-state index in [1.54, 1.807) is 0 Å². The van der Waals surface area contributed by atoms with Crippen molar-refractivity contribution in [1.29, 1.82) is 0 Å². The molecule has 3 aromatic rings. The predicted molar refractivity (Wildman–Crippen MR) is 177 cm³/mol. The van der Waals surface area contributed by atoms with Crippen molar-refractivity contribution >= 4 is 85.9 Å². The van der Waals surface area contributed by atoms with Crippen molar-refractivity contribution in [3.05, 3.63) is 91.8 Å². The highest BCUT2D eigenvalue weighted by atomic mass is 79.9. The summed E-state index contributed by atoms with van der Waals surface area (Å²) in [6.07, 6.45) is -4.71. The van der Waals surface area contributed by atoms with E-state index in [2.05, 4.69) is 20.9 Å². The molecule has 6 atom stereocenters. The van der Waals surface area contributed by atoms with E-state index in [0.29, 0.717) is 16.1 Å². The summed E-state index contributed by atoms with van der Waals surface area (Å²) in [7, 11) is 1.05. The molecule has 2 aromatic carbocycles. The maximum absolute atomic E-state index is 15.2. The van der Waals surface area contributed by atoms with Crippen molar-refractivity contribution < 1.29 is 59.4 Å². The van der Waals surface area contributed by atoms with Gasteiger partial charge in [0.2, 0.25) is 5.82 Å². The van der Waals surface area contributed by atoms with Gasteiger partial charge in [0.15, 0.2) is 38.8 Å². The molecule has 7 rings (SSSR count). The number of imide groups is 2. The van der Waals surface area contributed by atoms with Crippen LogP contribution in [-0.2, 0) is 25.4 Å². The Labute approximate surface area is 321 Å². The summed E-state index contributed by atoms with van der Waals surface area (Å²) in [6.45, 7) is 0. The van der Waals surface area contributed by atoms with Gasteiger partial charge in [0, 0.05) is 23.0 Å². The van der Waals surface area contributed by atoms with Gasteiger partial charge < -0.3 is 5.11 Å². The molecule has 1 aromatic heterocycles. The van der Waals surface area contributed by atoms with Crippen LogP contribution in [0, 0.1) is 46.8 Å². The summed E-state index contributed by atoms with van der Waals surface area (Å²) in [5, 5.41) is 11.9. The van der Waals surface area contributed by atoms with Crippen LogP contribution in [0.2, 0.25) is 5.02 Å². The number of hydrazine groups is 1. The van der Waals surface area contributed by atoms with E-state index in [1.807, 2.05) is 0 Å². The van der Waals surface area contributed by atoms with Crippen LogP contribution in [0.5, 0.6) is 5.75 Å². The number of anilines is 2. The number of pyridine rings is 1. The van der Waals surface area contributed by atoms with Crippen LogP contribution in [0.15, 0.2) is 46.5 Å². The Hall–Kier alpha value is -4.00. The second kappa shape index (κ2) is 12.5. The molecule has 1 saturated carbocycles. The number of carbonyl (C=O) groups is 4. The molecule has 0 spiro atoms. The monoisotopic (exact) mass is 886 g/mol. The number of nitrogens with zero attached hydrogens (tertiary/aromatic N) is 4. The molecule has 4 aliphatic rings. The highest BCUT2D eigenvalue weighted by Crippen LogP contribution is 2.67. The van der Waals surface area contributed by atoms with Gasteiger partial charge in [-0.05, 0) is 49.1 Å². The highest BCUT2D eigenvalue weighted by Gasteiger charge is 2.77. The van der Waals surface area contributed by atoms with Crippen LogP contribution < -0.4 is 9.91 Å². The molecular formula is C33H18BrCl3F8N4O5. The van der Waals surface area contributed by atoms with Gasteiger partial charge in [-0.3, -0.25) is 24.2 Å². The van der Waals surface area contributed by atoms with E-state index in [-0.39, 0.29) is 32.0 Å². The van der Waals surface area contributed by atoms with Crippen molar-refractivity contribution in [3.63, 3.8) is 0 Å². The lowest BCUT2D eigenvalue weighted by Gasteiger charge is -2.50. The predicted octanol–water partition coefficient (Wildman–Crippen LogP) is 7.53. The summed E-state index contributed by atoms with van der Waals surface area (Å²) in [5.74, 6) is -25.3. The van der Waals surface area contributed by atoms with Crippen molar-refractivity contribution in [2.45, 2.75) is 34.7 Å². The third-order valence-electron chi connectivity index (χ3n) is 10.2. The first-order valence-electron chi connectivity index (χ1n) is 15.4. The Morgan fingerprint density at radius 3 is 2.13 bits per heavy atom. The van der Waals surface area contributed by atoms with Crippen LogP contribution in [0.4, 0.5) is 46.6 Å². The Balaban J connectivity index is 1.39. The number of aromatic hydroxyl groups is 1. The minimum atomic E-state index is -4.94. The number of rotatable bonds is 4. The van der Waals surface area contributed by atoms with E-state index >= 15 is 8.78 Å². The molecule has 0 unspecified atom stereocenters. The van der Waals surface area contributed by atoms with Crippen LogP contribution >= 0.6 is 50.7 Å². The van der Waals surface area contributed by atoms with Gasteiger partial charge in [0.05, 0.1) is 16.9 Å². The zero-order valence-corrected chi connectivity index (χ0v) is 30.4. The Morgan fingerprint density at radius 2 is 1.52 bits per heavy atom. The fraction of sp³-hybridized carbons (Fsp3) is 0.303. The molecule has 21 heteroatoms. The molecule has 0 bridgehead atoms. The van der Waals surface area contributed by atoms with Gasteiger partial charge in [-0.1, -0.05) is 39.2 Å². The van der Waals surface area contributed by atoms with Gasteiger partial charge in [0.25, 0.3) is 23.6 Å². The number of halogens is 12. The molecule has 4 amide bonds. The third kappa shape index (κ3) is 5.04. The third-order valence-corrected chi connectivity index (χ3v) is 12.4.